The van der Waals surface area contributed by atoms with Crippen LogP contribution in [0.25, 0.3) is 0 Å². The monoisotopic (exact) mass is 275 g/mol. The molecule has 4 nitrogen and oxygen atoms in total. The number of rotatable bonds is 6. The fourth-order valence-corrected chi connectivity index (χ4v) is 2.34. The van der Waals surface area contributed by atoms with Crippen LogP contribution in [0.2, 0.25) is 0 Å². The van der Waals surface area contributed by atoms with Gasteiger partial charge in [0, 0.05) is 19.6 Å². The van der Waals surface area contributed by atoms with E-state index in [1.807, 2.05) is 18.2 Å². The van der Waals surface area contributed by atoms with Crippen molar-refractivity contribution in [2.24, 2.45) is 4.99 Å². The van der Waals surface area contributed by atoms with Crippen molar-refractivity contribution in [3.8, 4) is 0 Å². The highest BCUT2D eigenvalue weighted by Crippen LogP contribution is 2.07. The number of nitrogens with one attached hydrogen (secondary N) is 1. The van der Waals surface area contributed by atoms with Crippen LogP contribution in [-0.4, -0.2) is 43.6 Å². The minimum Gasteiger partial charge on any atom is -0.375 e. The Kier molecular flexibility index (Phi) is 6.38. The molecule has 1 heterocycles. The van der Waals surface area contributed by atoms with Crippen molar-refractivity contribution in [3.05, 3.63) is 35.9 Å². The van der Waals surface area contributed by atoms with Gasteiger partial charge in [-0.1, -0.05) is 30.3 Å². The summed E-state index contributed by atoms with van der Waals surface area (Å²) < 4.78 is 5.66. The minimum absolute atomic E-state index is 0.663. The van der Waals surface area contributed by atoms with Gasteiger partial charge in [-0.15, -0.1) is 0 Å². The van der Waals surface area contributed by atoms with Gasteiger partial charge in [0.25, 0.3) is 0 Å². The third-order valence-electron chi connectivity index (χ3n) is 3.35. The Bertz CT molecular complexity index is 399. The Labute approximate surface area is 121 Å². The van der Waals surface area contributed by atoms with Crippen molar-refractivity contribution in [2.75, 3.05) is 32.8 Å². The number of benzene rings is 1. The van der Waals surface area contributed by atoms with Crippen LogP contribution in [0.1, 0.15) is 25.3 Å². The van der Waals surface area contributed by atoms with E-state index in [9.17, 15) is 0 Å². The standard InChI is InChI=1S/C16H25N3O/c1-2-17-16(19-11-6-7-12-19)18-10-13-20-14-15-8-4-3-5-9-15/h3-5,8-9H,2,6-7,10-14H2,1H3,(H,17,18). The summed E-state index contributed by atoms with van der Waals surface area (Å²) in [6.07, 6.45) is 2.55. The molecule has 0 aromatic heterocycles. The molecular formula is C16H25N3O. The van der Waals surface area contributed by atoms with Crippen LogP contribution in [-0.2, 0) is 11.3 Å². The maximum atomic E-state index is 5.66. The van der Waals surface area contributed by atoms with Crippen LogP contribution in [0.15, 0.2) is 35.3 Å². The van der Waals surface area contributed by atoms with Crippen LogP contribution in [0, 0.1) is 0 Å². The van der Waals surface area contributed by atoms with Gasteiger partial charge in [0.2, 0.25) is 0 Å². The van der Waals surface area contributed by atoms with Gasteiger partial charge >= 0.3 is 0 Å². The topological polar surface area (TPSA) is 36.9 Å². The zero-order valence-corrected chi connectivity index (χ0v) is 12.3. The number of hydrogen-bond donors (Lipinski definition) is 1. The average molecular weight is 275 g/mol. The van der Waals surface area contributed by atoms with Crippen LogP contribution in [0.3, 0.4) is 0 Å². The molecule has 2 rings (SSSR count). The minimum atomic E-state index is 0.663. The fraction of sp³-hybridized carbons (Fsp3) is 0.562. The summed E-state index contributed by atoms with van der Waals surface area (Å²) in [6, 6.07) is 10.3. The van der Waals surface area contributed by atoms with E-state index in [1.54, 1.807) is 0 Å². The van der Waals surface area contributed by atoms with Crippen molar-refractivity contribution in [1.82, 2.24) is 10.2 Å². The van der Waals surface area contributed by atoms with Crippen LogP contribution >= 0.6 is 0 Å². The molecule has 4 heteroatoms. The lowest BCUT2D eigenvalue weighted by Crippen LogP contribution is -2.39. The maximum Gasteiger partial charge on any atom is 0.193 e. The summed E-state index contributed by atoms with van der Waals surface area (Å²) in [5, 5.41) is 3.35. The van der Waals surface area contributed by atoms with Gasteiger partial charge in [-0.2, -0.15) is 0 Å². The van der Waals surface area contributed by atoms with Gasteiger partial charge in [0.15, 0.2) is 5.96 Å². The largest absolute Gasteiger partial charge is 0.375 e. The zero-order chi connectivity index (χ0) is 14.0. The third-order valence-corrected chi connectivity index (χ3v) is 3.35. The molecular weight excluding hydrogens is 250 g/mol. The second kappa shape index (κ2) is 8.59. The fourth-order valence-electron chi connectivity index (χ4n) is 2.34. The van der Waals surface area contributed by atoms with E-state index >= 15 is 0 Å². The predicted octanol–water partition coefficient (Wildman–Crippen LogP) is 2.26. The van der Waals surface area contributed by atoms with E-state index < -0.39 is 0 Å². The van der Waals surface area contributed by atoms with Gasteiger partial charge in [-0.05, 0) is 25.3 Å². The van der Waals surface area contributed by atoms with E-state index in [2.05, 4.69) is 34.3 Å². The van der Waals surface area contributed by atoms with Gasteiger partial charge in [0.1, 0.15) is 0 Å². The summed E-state index contributed by atoms with van der Waals surface area (Å²) in [5.74, 6) is 1.04. The molecule has 1 N–H and O–H groups in total. The highest BCUT2D eigenvalue weighted by Gasteiger charge is 2.14. The van der Waals surface area contributed by atoms with Crippen LogP contribution < -0.4 is 5.32 Å². The van der Waals surface area contributed by atoms with Crippen molar-refractivity contribution in [2.45, 2.75) is 26.4 Å². The van der Waals surface area contributed by atoms with Crippen LogP contribution in [0.5, 0.6) is 0 Å². The van der Waals surface area contributed by atoms with Crippen molar-refractivity contribution < 1.29 is 4.74 Å². The first-order valence-electron chi connectivity index (χ1n) is 7.55. The molecule has 0 radical (unpaired) electrons. The zero-order valence-electron chi connectivity index (χ0n) is 12.3. The molecule has 0 atom stereocenters. The summed E-state index contributed by atoms with van der Waals surface area (Å²) in [4.78, 5) is 6.97. The molecule has 20 heavy (non-hydrogen) atoms. The number of likely N-dealkylation sites (tertiary alicyclic amines) is 1. The Morgan fingerprint density at radius 2 is 2.00 bits per heavy atom. The van der Waals surface area contributed by atoms with Crippen molar-refractivity contribution in [3.63, 3.8) is 0 Å². The van der Waals surface area contributed by atoms with Gasteiger partial charge in [-0.3, -0.25) is 4.99 Å². The number of ether oxygens (including phenoxy) is 1. The summed E-state index contributed by atoms with van der Waals surface area (Å²) in [6.45, 7) is 7.31. The molecule has 0 aliphatic carbocycles. The first-order chi connectivity index (χ1) is 9.90. The van der Waals surface area contributed by atoms with E-state index in [0.29, 0.717) is 19.8 Å². The third kappa shape index (κ3) is 4.85. The predicted molar refractivity (Wildman–Crippen MR) is 82.9 cm³/mol. The van der Waals surface area contributed by atoms with Gasteiger partial charge in [0.05, 0.1) is 19.8 Å². The lowest BCUT2D eigenvalue weighted by atomic mass is 10.2. The lowest BCUT2D eigenvalue weighted by molar-refractivity contribution is 0.128. The average Bonchev–Trinajstić information content (AvgIpc) is 3.01. The molecule has 1 aromatic rings. The van der Waals surface area contributed by atoms with E-state index in [4.69, 9.17) is 4.74 Å². The summed E-state index contributed by atoms with van der Waals surface area (Å²) in [7, 11) is 0. The smallest absolute Gasteiger partial charge is 0.193 e. The Morgan fingerprint density at radius 1 is 1.25 bits per heavy atom. The molecule has 0 saturated carbocycles. The molecule has 110 valence electrons. The van der Waals surface area contributed by atoms with Crippen LogP contribution in [0.4, 0.5) is 0 Å². The highest BCUT2D eigenvalue weighted by atomic mass is 16.5. The first kappa shape index (κ1) is 14.9. The Morgan fingerprint density at radius 3 is 2.70 bits per heavy atom. The SMILES string of the molecule is CCNC(=NCCOCc1ccccc1)N1CCCC1. The quantitative estimate of drug-likeness (QED) is 0.491. The summed E-state index contributed by atoms with van der Waals surface area (Å²) >= 11 is 0. The maximum absolute atomic E-state index is 5.66. The molecule has 0 spiro atoms. The highest BCUT2D eigenvalue weighted by molar-refractivity contribution is 5.80. The number of hydrogen-bond acceptors (Lipinski definition) is 2. The molecule has 1 aliphatic rings. The molecule has 0 amide bonds. The van der Waals surface area contributed by atoms with Crippen molar-refractivity contribution in [1.29, 1.82) is 0 Å². The second-order valence-corrected chi connectivity index (χ2v) is 4.97. The van der Waals surface area contributed by atoms with Gasteiger partial charge in [-0.25, -0.2) is 0 Å². The molecule has 1 saturated heterocycles. The van der Waals surface area contributed by atoms with Crippen molar-refractivity contribution >= 4 is 5.96 Å². The lowest BCUT2D eigenvalue weighted by Gasteiger charge is -2.20. The van der Waals surface area contributed by atoms with E-state index in [0.717, 1.165) is 25.6 Å². The molecule has 1 aliphatic heterocycles. The Hall–Kier alpha value is -1.55. The van der Waals surface area contributed by atoms with E-state index in [-0.39, 0.29) is 0 Å². The molecule has 1 aromatic carbocycles. The Balaban J connectivity index is 1.70. The summed E-state index contributed by atoms with van der Waals surface area (Å²) in [5.41, 5.74) is 1.21. The molecule has 0 unspecified atom stereocenters. The number of nitrogens with zero attached hydrogens (tertiary/aromatic N) is 2. The second-order valence-electron chi connectivity index (χ2n) is 4.97. The van der Waals surface area contributed by atoms with E-state index in [1.165, 1.54) is 18.4 Å². The van der Waals surface area contributed by atoms with Gasteiger partial charge < -0.3 is 15.0 Å². The normalized spacial score (nSPS) is 15.7. The molecule has 0 bridgehead atoms. The number of aliphatic imine (C=N–C) groups is 1. The number of guanidine groups is 1. The molecule has 1 fully saturated rings. The first-order valence-corrected chi connectivity index (χ1v) is 7.55.